The van der Waals surface area contributed by atoms with Crippen LogP contribution < -0.4 is 4.74 Å². The molecule has 0 radical (unpaired) electrons. The maximum absolute atomic E-state index is 12.9. The Balaban J connectivity index is 2.43. The van der Waals surface area contributed by atoms with E-state index < -0.39 is 23.3 Å². The topological polar surface area (TPSA) is 26.3 Å². The summed E-state index contributed by atoms with van der Waals surface area (Å²) in [5, 5.41) is 0. The molecule has 0 saturated carbocycles. The molecule has 0 amide bonds. The predicted molar refractivity (Wildman–Crippen MR) is 63.3 cm³/mol. The first kappa shape index (κ1) is 14.0. The molecule has 2 aromatic rings. The lowest BCUT2D eigenvalue weighted by Gasteiger charge is -2.14. The Morgan fingerprint density at radius 3 is 2.35 bits per heavy atom. The minimum Gasteiger partial charge on any atom is -0.456 e. The maximum atomic E-state index is 12.9. The highest BCUT2D eigenvalue weighted by Gasteiger charge is 2.34. The highest BCUT2D eigenvalue weighted by molar-refractivity contribution is 5.79. The molecular formula is C14H8F4O2. The summed E-state index contributed by atoms with van der Waals surface area (Å²) < 4.78 is 56.4. The van der Waals surface area contributed by atoms with E-state index in [9.17, 15) is 22.4 Å². The first-order valence-electron chi connectivity index (χ1n) is 5.50. The Morgan fingerprint density at radius 1 is 1.00 bits per heavy atom. The molecule has 20 heavy (non-hydrogen) atoms. The van der Waals surface area contributed by atoms with Crippen LogP contribution in [0.1, 0.15) is 15.9 Å². The van der Waals surface area contributed by atoms with Crippen LogP contribution in [0.3, 0.4) is 0 Å². The molecule has 6 heteroatoms. The summed E-state index contributed by atoms with van der Waals surface area (Å²) in [6.45, 7) is 0. The van der Waals surface area contributed by atoms with E-state index in [1.54, 1.807) is 0 Å². The fraction of sp³-hybridized carbons (Fsp3) is 0.0714. The van der Waals surface area contributed by atoms with Gasteiger partial charge in [-0.25, -0.2) is 4.39 Å². The number of alkyl halides is 3. The highest BCUT2D eigenvalue weighted by Crippen LogP contribution is 2.38. The zero-order valence-corrected chi connectivity index (χ0v) is 9.95. The molecule has 104 valence electrons. The van der Waals surface area contributed by atoms with Crippen molar-refractivity contribution in [2.45, 2.75) is 6.18 Å². The molecule has 0 fully saturated rings. The molecule has 0 aliphatic rings. The number of hydrogen-bond acceptors (Lipinski definition) is 2. The summed E-state index contributed by atoms with van der Waals surface area (Å²) in [5.74, 6) is -1.27. The number of aldehydes is 1. The third kappa shape index (κ3) is 2.96. The summed E-state index contributed by atoms with van der Waals surface area (Å²) in [4.78, 5) is 10.8. The largest absolute Gasteiger partial charge is 0.456 e. The van der Waals surface area contributed by atoms with E-state index in [4.69, 9.17) is 4.74 Å². The second kappa shape index (κ2) is 5.32. The Kier molecular flexibility index (Phi) is 3.74. The van der Waals surface area contributed by atoms with Gasteiger partial charge in [-0.2, -0.15) is 13.2 Å². The number of ether oxygens (including phenoxy) is 1. The zero-order valence-electron chi connectivity index (χ0n) is 9.95. The maximum Gasteiger partial charge on any atom is 0.419 e. The van der Waals surface area contributed by atoms with Crippen molar-refractivity contribution < 1.29 is 27.1 Å². The normalized spacial score (nSPS) is 11.2. The Labute approximate surface area is 111 Å². The van der Waals surface area contributed by atoms with E-state index in [2.05, 4.69) is 0 Å². The minimum absolute atomic E-state index is 0.141. The lowest BCUT2D eigenvalue weighted by molar-refractivity contribution is -0.138. The summed E-state index contributed by atoms with van der Waals surface area (Å²) in [6, 6.07) is 7.57. The predicted octanol–water partition coefficient (Wildman–Crippen LogP) is 4.45. The van der Waals surface area contributed by atoms with Gasteiger partial charge in [0, 0.05) is 0 Å². The van der Waals surface area contributed by atoms with Crippen molar-refractivity contribution in [3.05, 3.63) is 59.4 Å². The number of halogens is 4. The second-order valence-corrected chi connectivity index (χ2v) is 3.90. The molecule has 0 unspecified atom stereocenters. The first-order chi connectivity index (χ1) is 9.41. The molecule has 2 rings (SSSR count). The van der Waals surface area contributed by atoms with Gasteiger partial charge in [0.05, 0.1) is 11.1 Å². The monoisotopic (exact) mass is 284 g/mol. The van der Waals surface area contributed by atoms with Crippen LogP contribution in [0.15, 0.2) is 42.5 Å². The molecule has 0 N–H and O–H groups in total. The van der Waals surface area contributed by atoms with Crippen molar-refractivity contribution in [1.82, 2.24) is 0 Å². The second-order valence-electron chi connectivity index (χ2n) is 3.90. The van der Waals surface area contributed by atoms with Gasteiger partial charge < -0.3 is 4.74 Å². The molecule has 0 aromatic heterocycles. The third-order valence-corrected chi connectivity index (χ3v) is 2.51. The highest BCUT2D eigenvalue weighted by atomic mass is 19.4. The van der Waals surface area contributed by atoms with Crippen LogP contribution in [0.2, 0.25) is 0 Å². The van der Waals surface area contributed by atoms with Crippen LogP contribution >= 0.6 is 0 Å². The van der Waals surface area contributed by atoms with Crippen LogP contribution in [-0.4, -0.2) is 6.29 Å². The molecule has 0 aliphatic heterocycles. The van der Waals surface area contributed by atoms with Crippen molar-refractivity contribution in [2.24, 2.45) is 0 Å². The Bertz CT molecular complexity index is 635. The number of para-hydroxylation sites is 1. The number of rotatable bonds is 3. The molecular weight excluding hydrogens is 276 g/mol. The van der Waals surface area contributed by atoms with E-state index in [0.29, 0.717) is 6.29 Å². The van der Waals surface area contributed by atoms with Gasteiger partial charge in [-0.1, -0.05) is 12.1 Å². The first-order valence-corrected chi connectivity index (χ1v) is 5.50. The molecule has 0 bridgehead atoms. The van der Waals surface area contributed by atoms with Crippen LogP contribution in [0.25, 0.3) is 0 Å². The quantitative estimate of drug-likeness (QED) is 0.615. The van der Waals surface area contributed by atoms with Gasteiger partial charge in [0.1, 0.15) is 17.3 Å². The molecule has 0 spiro atoms. The Morgan fingerprint density at radius 2 is 1.70 bits per heavy atom. The molecule has 0 aliphatic carbocycles. The molecule has 2 nitrogen and oxygen atoms in total. The van der Waals surface area contributed by atoms with E-state index >= 15 is 0 Å². The van der Waals surface area contributed by atoms with Gasteiger partial charge in [0.25, 0.3) is 0 Å². The van der Waals surface area contributed by atoms with Crippen LogP contribution in [0, 0.1) is 5.82 Å². The van der Waals surface area contributed by atoms with Gasteiger partial charge in [-0.05, 0) is 30.3 Å². The van der Waals surface area contributed by atoms with Crippen LogP contribution in [0.5, 0.6) is 11.5 Å². The number of benzene rings is 2. The summed E-state index contributed by atoms with van der Waals surface area (Å²) in [7, 11) is 0. The lowest BCUT2D eigenvalue weighted by Crippen LogP contribution is -2.07. The summed E-state index contributed by atoms with van der Waals surface area (Å²) in [5.41, 5.74) is -1.14. The van der Waals surface area contributed by atoms with Crippen molar-refractivity contribution in [3.63, 3.8) is 0 Å². The van der Waals surface area contributed by atoms with Gasteiger partial charge in [0.15, 0.2) is 6.29 Å². The van der Waals surface area contributed by atoms with E-state index in [-0.39, 0.29) is 11.3 Å². The summed E-state index contributed by atoms with van der Waals surface area (Å²) in [6.07, 6.45) is -4.27. The van der Waals surface area contributed by atoms with Crippen LogP contribution in [-0.2, 0) is 6.18 Å². The van der Waals surface area contributed by atoms with E-state index in [0.717, 1.165) is 30.3 Å². The fourth-order valence-corrected chi connectivity index (χ4v) is 1.61. The van der Waals surface area contributed by atoms with Crippen molar-refractivity contribution in [2.75, 3.05) is 0 Å². The van der Waals surface area contributed by atoms with E-state index in [1.165, 1.54) is 12.1 Å². The number of hydrogen-bond donors (Lipinski definition) is 0. The Hall–Kier alpha value is -2.37. The molecule has 0 saturated heterocycles. The molecule has 0 atom stereocenters. The SMILES string of the molecule is O=Cc1cc(F)ccc1Oc1ccccc1C(F)(F)F. The van der Waals surface area contributed by atoms with Gasteiger partial charge in [-0.15, -0.1) is 0 Å². The van der Waals surface area contributed by atoms with Crippen molar-refractivity contribution >= 4 is 6.29 Å². The lowest BCUT2D eigenvalue weighted by atomic mass is 10.2. The standard InChI is InChI=1S/C14H8F4O2/c15-10-5-6-12(9(7-10)8-19)20-13-4-2-1-3-11(13)14(16,17)18/h1-8H. The number of carbonyl (C=O) groups excluding carboxylic acids is 1. The van der Waals surface area contributed by atoms with E-state index in [1.807, 2.05) is 0 Å². The molecule has 0 heterocycles. The van der Waals surface area contributed by atoms with Crippen LogP contribution in [0.4, 0.5) is 17.6 Å². The third-order valence-electron chi connectivity index (χ3n) is 2.51. The average molecular weight is 284 g/mol. The minimum atomic E-state index is -4.59. The van der Waals surface area contributed by atoms with Crippen molar-refractivity contribution in [3.8, 4) is 11.5 Å². The van der Waals surface area contributed by atoms with Gasteiger partial charge in [0.2, 0.25) is 0 Å². The zero-order chi connectivity index (χ0) is 14.8. The van der Waals surface area contributed by atoms with Gasteiger partial charge in [-0.3, -0.25) is 4.79 Å². The number of carbonyl (C=O) groups is 1. The molecule has 2 aromatic carbocycles. The summed E-state index contributed by atoms with van der Waals surface area (Å²) >= 11 is 0. The smallest absolute Gasteiger partial charge is 0.419 e. The fourth-order valence-electron chi connectivity index (χ4n) is 1.61. The van der Waals surface area contributed by atoms with Gasteiger partial charge >= 0.3 is 6.18 Å². The van der Waals surface area contributed by atoms with Crippen molar-refractivity contribution in [1.29, 1.82) is 0 Å². The average Bonchev–Trinajstić information content (AvgIpc) is 2.40.